The number of rotatable bonds is 4. The summed E-state index contributed by atoms with van der Waals surface area (Å²) < 4.78 is 5.31. The standard InChI is InChI=1S/C16H17N3O4/c1-10(20)17-12-7-8-19(9-12)15-13(16(21)22)14(23-18-15)11-5-3-2-4-6-11/h2-6,12H,7-9H2,1H3,(H,17,20)(H,21,22). The van der Waals surface area contributed by atoms with Gasteiger partial charge in [-0.15, -0.1) is 0 Å². The first-order valence-corrected chi connectivity index (χ1v) is 7.36. The highest BCUT2D eigenvalue weighted by atomic mass is 16.5. The van der Waals surface area contributed by atoms with Crippen molar-refractivity contribution in [2.24, 2.45) is 0 Å². The Hall–Kier alpha value is -2.83. The zero-order valence-electron chi connectivity index (χ0n) is 12.7. The molecule has 2 aromatic rings. The van der Waals surface area contributed by atoms with Gasteiger partial charge in [0.25, 0.3) is 0 Å². The van der Waals surface area contributed by atoms with Crippen LogP contribution in [0.15, 0.2) is 34.9 Å². The lowest BCUT2D eigenvalue weighted by Crippen LogP contribution is -2.35. The van der Waals surface area contributed by atoms with Crippen molar-refractivity contribution in [1.29, 1.82) is 0 Å². The molecule has 2 N–H and O–H groups in total. The van der Waals surface area contributed by atoms with Gasteiger partial charge in [-0.2, -0.15) is 0 Å². The lowest BCUT2D eigenvalue weighted by molar-refractivity contribution is -0.119. The van der Waals surface area contributed by atoms with Crippen LogP contribution in [-0.2, 0) is 4.79 Å². The van der Waals surface area contributed by atoms with Crippen molar-refractivity contribution in [3.8, 4) is 11.3 Å². The second-order valence-electron chi connectivity index (χ2n) is 5.51. The third-order valence-electron chi connectivity index (χ3n) is 3.82. The molecule has 1 aromatic carbocycles. The van der Waals surface area contributed by atoms with Gasteiger partial charge in [0.15, 0.2) is 17.1 Å². The number of carbonyl (C=O) groups excluding carboxylic acids is 1. The number of carbonyl (C=O) groups is 2. The normalized spacial score (nSPS) is 17.3. The van der Waals surface area contributed by atoms with Crippen molar-refractivity contribution >= 4 is 17.7 Å². The van der Waals surface area contributed by atoms with Crippen molar-refractivity contribution < 1.29 is 19.2 Å². The summed E-state index contributed by atoms with van der Waals surface area (Å²) in [7, 11) is 0. The fourth-order valence-corrected chi connectivity index (χ4v) is 2.83. The predicted octanol–water partition coefficient (Wildman–Crippen LogP) is 1.75. The lowest BCUT2D eigenvalue weighted by Gasteiger charge is -2.16. The summed E-state index contributed by atoms with van der Waals surface area (Å²) in [6.45, 7) is 2.60. The fourth-order valence-electron chi connectivity index (χ4n) is 2.83. The zero-order chi connectivity index (χ0) is 16.4. The third kappa shape index (κ3) is 3.03. The molecule has 0 bridgehead atoms. The summed E-state index contributed by atoms with van der Waals surface area (Å²) in [5.41, 5.74) is 0.723. The van der Waals surface area contributed by atoms with Crippen LogP contribution >= 0.6 is 0 Å². The Balaban J connectivity index is 1.91. The second-order valence-corrected chi connectivity index (χ2v) is 5.51. The smallest absolute Gasteiger partial charge is 0.343 e. The number of aromatic carboxylic acids is 1. The van der Waals surface area contributed by atoms with Gasteiger partial charge in [-0.3, -0.25) is 4.79 Å². The third-order valence-corrected chi connectivity index (χ3v) is 3.82. The minimum atomic E-state index is -1.08. The minimum Gasteiger partial charge on any atom is -0.477 e. The summed E-state index contributed by atoms with van der Waals surface area (Å²) in [6.07, 6.45) is 0.742. The van der Waals surface area contributed by atoms with Gasteiger partial charge >= 0.3 is 5.97 Å². The number of hydrogen-bond donors (Lipinski definition) is 2. The van der Waals surface area contributed by atoms with Gasteiger partial charge in [-0.05, 0) is 6.42 Å². The number of aromatic nitrogens is 1. The molecule has 7 heteroatoms. The highest BCUT2D eigenvalue weighted by Crippen LogP contribution is 2.32. The minimum absolute atomic E-state index is 0.00831. The van der Waals surface area contributed by atoms with E-state index in [0.29, 0.717) is 24.5 Å². The number of benzene rings is 1. The van der Waals surface area contributed by atoms with Gasteiger partial charge in [0, 0.05) is 31.6 Å². The first kappa shape index (κ1) is 15.1. The molecule has 1 fully saturated rings. The maximum Gasteiger partial charge on any atom is 0.343 e. The fraction of sp³-hybridized carbons (Fsp3) is 0.312. The summed E-state index contributed by atoms with van der Waals surface area (Å²) >= 11 is 0. The molecular formula is C16H17N3O4. The van der Waals surface area contributed by atoms with E-state index in [2.05, 4.69) is 10.5 Å². The molecule has 120 valence electrons. The van der Waals surface area contributed by atoms with Gasteiger partial charge in [-0.25, -0.2) is 4.79 Å². The van der Waals surface area contributed by atoms with E-state index in [1.807, 2.05) is 23.1 Å². The van der Waals surface area contributed by atoms with Gasteiger partial charge < -0.3 is 19.8 Å². The Bertz CT molecular complexity index is 726. The van der Waals surface area contributed by atoms with Crippen molar-refractivity contribution in [3.05, 3.63) is 35.9 Å². The van der Waals surface area contributed by atoms with Crippen LogP contribution in [0.2, 0.25) is 0 Å². The summed E-state index contributed by atoms with van der Waals surface area (Å²) in [6, 6.07) is 9.02. The molecular weight excluding hydrogens is 298 g/mol. The van der Waals surface area contributed by atoms with Gasteiger partial charge in [0.1, 0.15) is 0 Å². The number of carboxylic acid groups (broad SMARTS) is 1. The van der Waals surface area contributed by atoms with Crippen LogP contribution in [0.1, 0.15) is 23.7 Å². The Morgan fingerprint density at radius 3 is 2.74 bits per heavy atom. The van der Waals surface area contributed by atoms with E-state index in [9.17, 15) is 14.7 Å². The quantitative estimate of drug-likeness (QED) is 0.892. The largest absolute Gasteiger partial charge is 0.477 e. The van der Waals surface area contributed by atoms with Crippen LogP contribution in [-0.4, -0.2) is 41.3 Å². The van der Waals surface area contributed by atoms with Crippen molar-refractivity contribution in [2.45, 2.75) is 19.4 Å². The zero-order valence-corrected chi connectivity index (χ0v) is 12.7. The molecule has 1 amide bonds. The molecule has 0 radical (unpaired) electrons. The molecule has 2 heterocycles. The SMILES string of the molecule is CC(=O)NC1CCN(c2noc(-c3ccccc3)c2C(=O)O)C1. The number of carboxylic acids is 1. The van der Waals surface area contributed by atoms with Crippen LogP contribution in [0.5, 0.6) is 0 Å². The number of hydrogen-bond acceptors (Lipinski definition) is 5. The molecule has 1 aliphatic rings. The average molecular weight is 315 g/mol. The van der Waals surface area contributed by atoms with E-state index in [-0.39, 0.29) is 23.3 Å². The molecule has 1 saturated heterocycles. The Morgan fingerprint density at radius 1 is 1.35 bits per heavy atom. The Labute approximate surface area is 132 Å². The molecule has 0 aliphatic carbocycles. The Kier molecular flexibility index (Phi) is 4.01. The molecule has 1 atom stereocenters. The average Bonchev–Trinajstić information content (AvgIpc) is 3.13. The number of amides is 1. The summed E-state index contributed by atoms with van der Waals surface area (Å²) in [5, 5.41) is 16.4. The van der Waals surface area contributed by atoms with E-state index < -0.39 is 5.97 Å². The topological polar surface area (TPSA) is 95.7 Å². The Morgan fingerprint density at radius 2 is 2.09 bits per heavy atom. The molecule has 1 unspecified atom stereocenters. The van der Waals surface area contributed by atoms with E-state index in [4.69, 9.17) is 4.52 Å². The maximum absolute atomic E-state index is 11.7. The highest BCUT2D eigenvalue weighted by Gasteiger charge is 2.32. The lowest BCUT2D eigenvalue weighted by atomic mass is 10.1. The summed E-state index contributed by atoms with van der Waals surface area (Å²) in [5.74, 6) is -0.621. The highest BCUT2D eigenvalue weighted by molar-refractivity contribution is 5.99. The van der Waals surface area contributed by atoms with E-state index in [0.717, 1.165) is 6.42 Å². The van der Waals surface area contributed by atoms with E-state index in [1.165, 1.54) is 6.92 Å². The van der Waals surface area contributed by atoms with Crippen LogP contribution < -0.4 is 10.2 Å². The molecule has 3 rings (SSSR count). The molecule has 0 saturated carbocycles. The van der Waals surface area contributed by atoms with Gasteiger partial charge in [-0.1, -0.05) is 35.5 Å². The molecule has 1 aliphatic heterocycles. The molecule has 7 nitrogen and oxygen atoms in total. The molecule has 0 spiro atoms. The number of anilines is 1. The second kappa shape index (κ2) is 6.12. The van der Waals surface area contributed by atoms with E-state index >= 15 is 0 Å². The van der Waals surface area contributed by atoms with Gasteiger partial charge in [0.2, 0.25) is 5.91 Å². The first-order chi connectivity index (χ1) is 11.1. The number of nitrogens with zero attached hydrogens (tertiary/aromatic N) is 2. The van der Waals surface area contributed by atoms with Crippen molar-refractivity contribution in [3.63, 3.8) is 0 Å². The van der Waals surface area contributed by atoms with Crippen LogP contribution in [0.3, 0.4) is 0 Å². The van der Waals surface area contributed by atoms with Crippen molar-refractivity contribution in [2.75, 3.05) is 18.0 Å². The van der Waals surface area contributed by atoms with Crippen LogP contribution in [0.25, 0.3) is 11.3 Å². The van der Waals surface area contributed by atoms with Gasteiger partial charge in [0.05, 0.1) is 0 Å². The molecule has 1 aromatic heterocycles. The van der Waals surface area contributed by atoms with Crippen LogP contribution in [0, 0.1) is 0 Å². The predicted molar refractivity (Wildman–Crippen MR) is 83.3 cm³/mol. The van der Waals surface area contributed by atoms with Crippen LogP contribution in [0.4, 0.5) is 5.82 Å². The summed E-state index contributed by atoms with van der Waals surface area (Å²) in [4.78, 5) is 24.7. The maximum atomic E-state index is 11.7. The monoisotopic (exact) mass is 315 g/mol. The molecule has 23 heavy (non-hydrogen) atoms. The van der Waals surface area contributed by atoms with E-state index in [1.54, 1.807) is 12.1 Å². The van der Waals surface area contributed by atoms with Crippen molar-refractivity contribution in [1.82, 2.24) is 10.5 Å². The number of nitrogens with one attached hydrogen (secondary N) is 1. The first-order valence-electron chi connectivity index (χ1n) is 7.36.